The maximum atomic E-state index is 12.1. The first-order valence-electron chi connectivity index (χ1n) is 8.60. The number of urea groups is 1. The molecule has 0 aliphatic heterocycles. The highest BCUT2D eigenvalue weighted by atomic mass is 32.2. The smallest absolute Gasteiger partial charge is 0.315 e. The molecule has 0 aromatic heterocycles. The minimum Gasteiger partial charge on any atom is -0.494 e. The molecule has 0 fully saturated rings. The number of ether oxygens (including phenoxy) is 1. The molecule has 0 saturated heterocycles. The van der Waals surface area contributed by atoms with Crippen molar-refractivity contribution in [1.82, 2.24) is 10.6 Å². The van der Waals surface area contributed by atoms with E-state index in [1.807, 2.05) is 44.2 Å². The van der Waals surface area contributed by atoms with Crippen LogP contribution in [0.5, 0.6) is 5.75 Å². The molecule has 0 bridgehead atoms. The van der Waals surface area contributed by atoms with Gasteiger partial charge in [0.2, 0.25) is 10.0 Å². The third-order valence-electron chi connectivity index (χ3n) is 3.72. The van der Waals surface area contributed by atoms with E-state index in [-0.39, 0.29) is 18.6 Å². The summed E-state index contributed by atoms with van der Waals surface area (Å²) in [6.45, 7) is 4.71. The summed E-state index contributed by atoms with van der Waals surface area (Å²) >= 11 is 0. The average Bonchev–Trinajstić information content (AvgIpc) is 2.60. The summed E-state index contributed by atoms with van der Waals surface area (Å²) in [6.07, 6.45) is 1.09. The number of anilines is 1. The number of amides is 2. The lowest BCUT2D eigenvalue weighted by atomic mass is 10.1. The van der Waals surface area contributed by atoms with Crippen molar-refractivity contribution < 1.29 is 17.9 Å². The number of carbonyl (C=O) groups is 1. The summed E-state index contributed by atoms with van der Waals surface area (Å²) < 4.78 is 30.4. The van der Waals surface area contributed by atoms with Crippen molar-refractivity contribution in [2.45, 2.75) is 26.4 Å². The number of sulfonamides is 1. The third-order valence-corrected chi connectivity index (χ3v) is 4.33. The van der Waals surface area contributed by atoms with E-state index >= 15 is 0 Å². The zero-order chi connectivity index (χ0) is 19.9. The van der Waals surface area contributed by atoms with E-state index in [1.165, 1.54) is 0 Å². The number of nitrogens with one attached hydrogen (secondary N) is 3. The van der Waals surface area contributed by atoms with Gasteiger partial charge >= 0.3 is 6.03 Å². The first-order valence-corrected chi connectivity index (χ1v) is 10.5. The second-order valence-corrected chi connectivity index (χ2v) is 7.87. The normalized spacial score (nSPS) is 12.1. The second kappa shape index (κ2) is 9.27. The Bertz CT molecular complexity index is 867. The number of carbonyl (C=O) groups excluding carboxylic acids is 1. The van der Waals surface area contributed by atoms with Gasteiger partial charge in [0.05, 0.1) is 18.9 Å². The monoisotopic (exact) mass is 391 g/mol. The van der Waals surface area contributed by atoms with Crippen molar-refractivity contribution >= 4 is 21.7 Å². The molecular weight excluding hydrogens is 366 g/mol. The largest absolute Gasteiger partial charge is 0.494 e. The summed E-state index contributed by atoms with van der Waals surface area (Å²) in [4.78, 5) is 12.1. The highest BCUT2D eigenvalue weighted by Crippen LogP contribution is 2.17. The van der Waals surface area contributed by atoms with Crippen LogP contribution in [-0.2, 0) is 16.6 Å². The van der Waals surface area contributed by atoms with Gasteiger partial charge in [0.25, 0.3) is 0 Å². The number of hydrogen-bond acceptors (Lipinski definition) is 4. The number of benzene rings is 2. The molecule has 2 rings (SSSR count). The van der Waals surface area contributed by atoms with Gasteiger partial charge < -0.3 is 15.4 Å². The Morgan fingerprint density at radius 3 is 2.48 bits per heavy atom. The zero-order valence-electron chi connectivity index (χ0n) is 15.7. The first-order chi connectivity index (χ1) is 12.8. The Labute approximate surface area is 160 Å². The summed E-state index contributed by atoms with van der Waals surface area (Å²) in [6, 6.07) is 14.0. The quantitative estimate of drug-likeness (QED) is 0.644. The Hall–Kier alpha value is -2.74. The predicted molar refractivity (Wildman–Crippen MR) is 106 cm³/mol. The van der Waals surface area contributed by atoms with Crippen LogP contribution in [0.1, 0.15) is 31.0 Å². The lowest BCUT2D eigenvalue weighted by molar-refractivity contribution is 0.237. The van der Waals surface area contributed by atoms with Crippen LogP contribution in [0.3, 0.4) is 0 Å². The highest BCUT2D eigenvalue weighted by Gasteiger charge is 2.10. The van der Waals surface area contributed by atoms with Gasteiger partial charge in [-0.3, -0.25) is 4.72 Å². The van der Waals surface area contributed by atoms with Crippen molar-refractivity contribution in [3.8, 4) is 5.75 Å². The molecule has 0 aliphatic rings. The van der Waals surface area contributed by atoms with Gasteiger partial charge in [-0.2, -0.15) is 0 Å². The van der Waals surface area contributed by atoms with E-state index < -0.39 is 10.0 Å². The molecule has 1 unspecified atom stereocenters. The van der Waals surface area contributed by atoms with Crippen LogP contribution in [-0.4, -0.2) is 27.3 Å². The van der Waals surface area contributed by atoms with Crippen molar-refractivity contribution in [3.63, 3.8) is 0 Å². The van der Waals surface area contributed by atoms with Gasteiger partial charge in [0.15, 0.2) is 0 Å². The summed E-state index contributed by atoms with van der Waals surface area (Å²) in [5, 5.41) is 5.64. The molecule has 0 spiro atoms. The molecule has 0 aliphatic carbocycles. The van der Waals surface area contributed by atoms with Crippen LogP contribution >= 0.6 is 0 Å². The molecule has 3 N–H and O–H groups in total. The van der Waals surface area contributed by atoms with Crippen molar-refractivity contribution in [2.75, 3.05) is 17.6 Å². The highest BCUT2D eigenvalue weighted by molar-refractivity contribution is 7.92. The third kappa shape index (κ3) is 7.18. The molecular formula is C19H25N3O4S. The van der Waals surface area contributed by atoms with Gasteiger partial charge in [0, 0.05) is 12.2 Å². The van der Waals surface area contributed by atoms with E-state index in [4.69, 9.17) is 4.74 Å². The molecule has 0 saturated carbocycles. The Balaban J connectivity index is 1.87. The minimum atomic E-state index is -3.34. The summed E-state index contributed by atoms with van der Waals surface area (Å²) in [5.74, 6) is 0.792. The van der Waals surface area contributed by atoms with Crippen molar-refractivity contribution in [2.24, 2.45) is 0 Å². The lowest BCUT2D eigenvalue weighted by Crippen LogP contribution is -2.36. The van der Waals surface area contributed by atoms with E-state index in [1.54, 1.807) is 18.2 Å². The van der Waals surface area contributed by atoms with E-state index in [0.29, 0.717) is 12.3 Å². The Morgan fingerprint density at radius 2 is 1.85 bits per heavy atom. The molecule has 0 heterocycles. The Morgan fingerprint density at radius 1 is 1.15 bits per heavy atom. The summed E-state index contributed by atoms with van der Waals surface area (Å²) in [7, 11) is -3.34. The Kier molecular flexibility index (Phi) is 7.06. The summed E-state index contributed by atoms with van der Waals surface area (Å²) in [5.41, 5.74) is 2.21. The zero-order valence-corrected chi connectivity index (χ0v) is 16.5. The molecule has 7 nitrogen and oxygen atoms in total. The molecule has 2 amide bonds. The number of rotatable bonds is 8. The average molecular weight is 391 g/mol. The second-order valence-electron chi connectivity index (χ2n) is 6.13. The van der Waals surface area contributed by atoms with Crippen LogP contribution in [0.25, 0.3) is 0 Å². The maximum Gasteiger partial charge on any atom is 0.315 e. The molecule has 0 radical (unpaired) electrons. The molecule has 2 aromatic carbocycles. The van der Waals surface area contributed by atoms with Gasteiger partial charge in [-0.1, -0.05) is 24.3 Å². The lowest BCUT2D eigenvalue weighted by Gasteiger charge is -2.16. The fourth-order valence-electron chi connectivity index (χ4n) is 2.49. The van der Waals surface area contributed by atoms with Gasteiger partial charge in [-0.05, 0) is 49.2 Å². The van der Waals surface area contributed by atoms with Crippen molar-refractivity contribution in [3.05, 3.63) is 59.7 Å². The van der Waals surface area contributed by atoms with Crippen LogP contribution in [0.15, 0.2) is 48.5 Å². The van der Waals surface area contributed by atoms with Crippen molar-refractivity contribution in [1.29, 1.82) is 0 Å². The van der Waals surface area contributed by atoms with Crippen LogP contribution in [0.2, 0.25) is 0 Å². The minimum absolute atomic E-state index is 0.168. The fourth-order valence-corrected chi connectivity index (χ4v) is 3.05. The first kappa shape index (κ1) is 20.6. The molecule has 8 heteroatoms. The fraction of sp³-hybridized carbons (Fsp3) is 0.316. The molecule has 27 heavy (non-hydrogen) atoms. The van der Waals surface area contributed by atoms with Gasteiger partial charge in [-0.25, -0.2) is 13.2 Å². The molecule has 146 valence electrons. The van der Waals surface area contributed by atoms with Crippen LogP contribution < -0.4 is 20.1 Å². The van der Waals surface area contributed by atoms with Crippen LogP contribution in [0, 0.1) is 0 Å². The van der Waals surface area contributed by atoms with E-state index in [0.717, 1.165) is 23.1 Å². The molecule has 1 atom stereocenters. The van der Waals surface area contributed by atoms with Gasteiger partial charge in [0.1, 0.15) is 5.75 Å². The van der Waals surface area contributed by atoms with Crippen LogP contribution in [0.4, 0.5) is 10.5 Å². The molecule has 2 aromatic rings. The predicted octanol–water partition coefficient (Wildman–Crippen LogP) is 3.02. The number of hydrogen-bond donors (Lipinski definition) is 3. The standard InChI is InChI=1S/C19H25N3O4S/c1-4-26-18-10-8-16(9-11-18)14(2)21-19(23)20-13-15-6-5-7-17(12-15)22-27(3,24)25/h5-12,14,22H,4,13H2,1-3H3,(H2,20,21,23). The van der Waals surface area contributed by atoms with E-state index in [9.17, 15) is 13.2 Å². The maximum absolute atomic E-state index is 12.1. The van der Waals surface area contributed by atoms with Gasteiger partial charge in [-0.15, -0.1) is 0 Å². The topological polar surface area (TPSA) is 96.5 Å². The SMILES string of the molecule is CCOc1ccc(C(C)NC(=O)NCc2cccc(NS(C)(=O)=O)c2)cc1. The van der Waals surface area contributed by atoms with E-state index in [2.05, 4.69) is 15.4 Å².